The Kier molecular flexibility index (Phi) is 7.15. The molecule has 0 unspecified atom stereocenters. The predicted molar refractivity (Wildman–Crippen MR) is 135 cm³/mol. The van der Waals surface area contributed by atoms with Crippen LogP contribution in [0.1, 0.15) is 42.8 Å². The molecule has 13 heteroatoms. The highest BCUT2D eigenvalue weighted by Crippen LogP contribution is 2.26. The fraction of sp³-hybridized carbons (Fsp3) is 0.200. The molecule has 1 atom stereocenters. The van der Waals surface area contributed by atoms with Crippen LogP contribution in [0.25, 0.3) is 16.6 Å². The van der Waals surface area contributed by atoms with E-state index < -0.39 is 29.2 Å². The molecule has 0 aliphatic rings. The van der Waals surface area contributed by atoms with Gasteiger partial charge < -0.3 is 21.9 Å². The van der Waals surface area contributed by atoms with E-state index in [0.717, 1.165) is 16.7 Å². The van der Waals surface area contributed by atoms with Gasteiger partial charge in [-0.3, -0.25) is 14.2 Å². The van der Waals surface area contributed by atoms with Crippen molar-refractivity contribution < 1.29 is 18.7 Å². The van der Waals surface area contributed by atoms with E-state index in [0.29, 0.717) is 17.1 Å². The highest BCUT2D eigenvalue weighted by molar-refractivity contribution is 5.82. The Bertz CT molecular complexity index is 1650. The number of benzene rings is 2. The lowest BCUT2D eigenvalue weighted by atomic mass is 10.0. The molecule has 0 bridgehead atoms. The molecule has 0 aliphatic heterocycles. The van der Waals surface area contributed by atoms with Gasteiger partial charge in [-0.25, -0.2) is 13.8 Å². The molecule has 2 heterocycles. The highest BCUT2D eigenvalue weighted by Gasteiger charge is 2.22. The van der Waals surface area contributed by atoms with Gasteiger partial charge in [0.05, 0.1) is 22.6 Å². The number of aliphatic carboxylic acids is 1. The molecule has 6 N–H and O–H groups in total. The average Bonchev–Trinajstić information content (AvgIpc) is 2.82. The van der Waals surface area contributed by atoms with Crippen molar-refractivity contribution in [2.24, 2.45) is 0 Å². The molecule has 0 saturated heterocycles. The van der Waals surface area contributed by atoms with E-state index in [9.17, 15) is 23.6 Å². The molecule has 0 radical (unpaired) electrons. The van der Waals surface area contributed by atoms with Gasteiger partial charge in [-0.05, 0) is 43.5 Å². The zero-order valence-electron chi connectivity index (χ0n) is 20.1. The summed E-state index contributed by atoms with van der Waals surface area (Å²) < 4.78 is 29.5. The summed E-state index contributed by atoms with van der Waals surface area (Å²) in [7, 11) is 0. The van der Waals surface area contributed by atoms with Crippen LogP contribution in [0.4, 0.5) is 26.4 Å². The standard InChI is InChI=1S/C25H22F2N8O3/c1-12(31-22-17(11-28)21(29)33-25(30)34-22)23-32-18-6-2-4-13(5-3-7-19(36)37)20(18)24(38)35(23)16-9-14(26)8-15(27)10-16/h2,4,6,8-10,12H,3,5,7H2,1H3,(H,36,37)(H5,29,30,31,33,34)/t12-/m0/s1. The fourth-order valence-electron chi connectivity index (χ4n) is 4.14. The topological polar surface area (TPSA) is 186 Å². The SMILES string of the molecule is C[C@H](Nc1nc(N)nc(N)c1C#N)c1nc2cccc(CCCC(=O)O)c2c(=O)n1-c1cc(F)cc(F)c1. The van der Waals surface area contributed by atoms with Crippen molar-refractivity contribution in [1.82, 2.24) is 19.5 Å². The third-order valence-electron chi connectivity index (χ3n) is 5.76. The fourth-order valence-corrected chi connectivity index (χ4v) is 4.14. The number of nitrogens with one attached hydrogen (secondary N) is 1. The number of nitrogens with zero attached hydrogens (tertiary/aromatic N) is 5. The normalized spacial score (nSPS) is 11.7. The van der Waals surface area contributed by atoms with E-state index in [1.165, 1.54) is 0 Å². The first-order valence-electron chi connectivity index (χ1n) is 11.4. The van der Waals surface area contributed by atoms with Crippen LogP contribution in [-0.4, -0.2) is 30.6 Å². The Morgan fingerprint density at radius 2 is 1.89 bits per heavy atom. The van der Waals surface area contributed by atoms with Crippen LogP contribution in [0.5, 0.6) is 0 Å². The van der Waals surface area contributed by atoms with E-state index in [1.807, 2.05) is 6.07 Å². The minimum absolute atomic E-state index is 0.0151. The maximum Gasteiger partial charge on any atom is 0.303 e. The summed E-state index contributed by atoms with van der Waals surface area (Å²) in [6.07, 6.45) is 0.449. The Labute approximate surface area is 214 Å². The monoisotopic (exact) mass is 520 g/mol. The third-order valence-corrected chi connectivity index (χ3v) is 5.76. The van der Waals surface area contributed by atoms with Gasteiger partial charge >= 0.3 is 5.97 Å². The molecule has 38 heavy (non-hydrogen) atoms. The number of fused-ring (bicyclic) bond motifs is 1. The number of rotatable bonds is 8. The van der Waals surface area contributed by atoms with E-state index in [1.54, 1.807) is 25.1 Å². The van der Waals surface area contributed by atoms with Crippen LogP contribution in [0, 0.1) is 23.0 Å². The Hall–Kier alpha value is -5.12. The van der Waals surface area contributed by atoms with Gasteiger partial charge in [0.15, 0.2) is 5.82 Å². The van der Waals surface area contributed by atoms with Crippen molar-refractivity contribution in [1.29, 1.82) is 5.26 Å². The van der Waals surface area contributed by atoms with Gasteiger partial charge in [0.25, 0.3) is 5.56 Å². The molecule has 4 rings (SSSR count). The first-order valence-corrected chi connectivity index (χ1v) is 11.4. The lowest BCUT2D eigenvalue weighted by Gasteiger charge is -2.21. The minimum Gasteiger partial charge on any atom is -0.481 e. The van der Waals surface area contributed by atoms with Crippen molar-refractivity contribution in [3.63, 3.8) is 0 Å². The second kappa shape index (κ2) is 10.5. The number of halogens is 2. The number of aromatic nitrogens is 4. The average molecular weight is 521 g/mol. The van der Waals surface area contributed by atoms with E-state index in [4.69, 9.17) is 16.6 Å². The van der Waals surface area contributed by atoms with Gasteiger partial charge in [-0.2, -0.15) is 15.2 Å². The number of carbonyl (C=O) groups is 1. The number of anilines is 3. The molecule has 0 saturated carbocycles. The molecular formula is C25H22F2N8O3. The number of nitrogens with two attached hydrogens (primary N) is 2. The quantitative estimate of drug-likeness (QED) is 0.269. The third kappa shape index (κ3) is 5.19. The molecule has 0 amide bonds. The number of nitriles is 1. The van der Waals surface area contributed by atoms with Crippen LogP contribution in [0.3, 0.4) is 0 Å². The minimum atomic E-state index is -0.971. The van der Waals surface area contributed by atoms with Crippen molar-refractivity contribution >= 4 is 34.5 Å². The molecule has 0 aliphatic carbocycles. The predicted octanol–water partition coefficient (Wildman–Crippen LogP) is 3.07. The van der Waals surface area contributed by atoms with Crippen LogP contribution in [0.15, 0.2) is 41.2 Å². The zero-order valence-corrected chi connectivity index (χ0v) is 20.1. The summed E-state index contributed by atoms with van der Waals surface area (Å²) in [5, 5.41) is 21.6. The van der Waals surface area contributed by atoms with Gasteiger partial charge in [-0.1, -0.05) is 12.1 Å². The van der Waals surface area contributed by atoms with E-state index in [-0.39, 0.29) is 59.3 Å². The second-order valence-electron chi connectivity index (χ2n) is 8.47. The van der Waals surface area contributed by atoms with Crippen LogP contribution >= 0.6 is 0 Å². The molecule has 2 aromatic carbocycles. The summed E-state index contributed by atoms with van der Waals surface area (Å²) in [5.41, 5.74) is 11.5. The summed E-state index contributed by atoms with van der Waals surface area (Å²) in [5.74, 6) is -3.10. The maximum atomic E-state index is 14.2. The van der Waals surface area contributed by atoms with Gasteiger partial charge in [0.2, 0.25) is 5.95 Å². The highest BCUT2D eigenvalue weighted by atomic mass is 19.1. The van der Waals surface area contributed by atoms with Crippen LogP contribution in [0.2, 0.25) is 0 Å². The van der Waals surface area contributed by atoms with Crippen molar-refractivity contribution in [3.05, 3.63) is 75.3 Å². The zero-order chi connectivity index (χ0) is 27.6. The smallest absolute Gasteiger partial charge is 0.303 e. The largest absolute Gasteiger partial charge is 0.481 e. The van der Waals surface area contributed by atoms with Gasteiger partial charge in [-0.15, -0.1) is 0 Å². The Morgan fingerprint density at radius 3 is 2.55 bits per heavy atom. The maximum absolute atomic E-state index is 14.2. The molecule has 11 nitrogen and oxygen atoms in total. The second-order valence-corrected chi connectivity index (χ2v) is 8.47. The van der Waals surface area contributed by atoms with Gasteiger partial charge in [0, 0.05) is 12.5 Å². The summed E-state index contributed by atoms with van der Waals surface area (Å²) in [6.45, 7) is 1.60. The lowest BCUT2D eigenvalue weighted by Crippen LogP contribution is -2.28. The number of carboxylic acids is 1. The number of hydrogen-bond acceptors (Lipinski definition) is 9. The molecule has 194 valence electrons. The number of hydrogen-bond donors (Lipinski definition) is 4. The number of aryl methyl sites for hydroxylation is 1. The van der Waals surface area contributed by atoms with Crippen molar-refractivity contribution in [2.45, 2.75) is 32.2 Å². The first-order chi connectivity index (χ1) is 18.1. The lowest BCUT2D eigenvalue weighted by molar-refractivity contribution is -0.137. The molecule has 2 aromatic heterocycles. The Morgan fingerprint density at radius 1 is 1.18 bits per heavy atom. The summed E-state index contributed by atoms with van der Waals surface area (Å²) >= 11 is 0. The summed E-state index contributed by atoms with van der Waals surface area (Å²) in [4.78, 5) is 37.3. The van der Waals surface area contributed by atoms with Crippen molar-refractivity contribution in [3.8, 4) is 11.8 Å². The number of nitrogen functional groups attached to an aromatic ring is 2. The Balaban J connectivity index is 1.93. The van der Waals surface area contributed by atoms with Crippen LogP contribution in [-0.2, 0) is 11.2 Å². The van der Waals surface area contributed by atoms with E-state index >= 15 is 0 Å². The first kappa shape index (κ1) is 26.0. The van der Waals surface area contributed by atoms with Crippen molar-refractivity contribution in [2.75, 3.05) is 16.8 Å². The molecule has 4 aromatic rings. The molecule has 0 fully saturated rings. The van der Waals surface area contributed by atoms with Crippen LogP contribution < -0.4 is 22.3 Å². The van der Waals surface area contributed by atoms with E-state index in [2.05, 4.69) is 20.3 Å². The molecule has 0 spiro atoms. The summed E-state index contributed by atoms with van der Waals surface area (Å²) in [6, 6.07) is 8.65. The number of carboxylic acid groups (broad SMARTS) is 1. The molecular weight excluding hydrogens is 498 g/mol. The van der Waals surface area contributed by atoms with Gasteiger partial charge in [0.1, 0.15) is 34.9 Å².